The summed E-state index contributed by atoms with van der Waals surface area (Å²) in [6, 6.07) is 16.2. The van der Waals surface area contributed by atoms with Gasteiger partial charge in [0.15, 0.2) is 5.69 Å². The summed E-state index contributed by atoms with van der Waals surface area (Å²) in [5.74, 6) is -1.03. The fourth-order valence-corrected chi connectivity index (χ4v) is 2.37. The van der Waals surface area contributed by atoms with Gasteiger partial charge in [0.2, 0.25) is 0 Å². The summed E-state index contributed by atoms with van der Waals surface area (Å²) in [6.07, 6.45) is 0.519. The third-order valence-corrected chi connectivity index (χ3v) is 3.34. The van der Waals surface area contributed by atoms with Gasteiger partial charge in [0.1, 0.15) is 5.75 Å². The number of rotatable bonds is 3. The van der Waals surface area contributed by atoms with E-state index in [1.165, 1.54) is 0 Å². The Morgan fingerprint density at radius 1 is 1.00 bits per heavy atom. The molecule has 0 aliphatic carbocycles. The number of pyridine rings is 1. The van der Waals surface area contributed by atoms with Gasteiger partial charge in [0, 0.05) is 22.9 Å². The first-order chi connectivity index (χ1) is 10.1. The molecule has 1 heterocycles. The second-order valence-electron chi connectivity index (χ2n) is 4.80. The van der Waals surface area contributed by atoms with Gasteiger partial charge in [-0.2, -0.15) is 0 Å². The lowest BCUT2D eigenvalue weighted by molar-refractivity contribution is 0.0692. The molecule has 0 unspecified atom stereocenters. The predicted octanol–water partition coefficient (Wildman–Crippen LogP) is 3.23. The molecule has 0 fully saturated rings. The molecule has 2 aromatic carbocycles. The molecule has 4 nitrogen and oxygen atoms in total. The molecule has 2 N–H and O–H groups in total. The van der Waals surface area contributed by atoms with Crippen molar-refractivity contribution in [1.29, 1.82) is 0 Å². The number of phenolic OH excluding ortho intramolecular Hbond substituents is 1. The van der Waals surface area contributed by atoms with Crippen LogP contribution >= 0.6 is 0 Å². The fourth-order valence-electron chi connectivity index (χ4n) is 2.37. The number of benzene rings is 2. The molecule has 21 heavy (non-hydrogen) atoms. The van der Waals surface area contributed by atoms with Crippen LogP contribution in [0, 0.1) is 0 Å². The van der Waals surface area contributed by atoms with E-state index in [0.717, 1.165) is 5.56 Å². The Bertz CT molecular complexity index is 813. The van der Waals surface area contributed by atoms with Crippen LogP contribution in [0.15, 0.2) is 54.6 Å². The van der Waals surface area contributed by atoms with Gasteiger partial charge in [0.25, 0.3) is 0 Å². The molecule has 0 saturated carbocycles. The lowest BCUT2D eigenvalue weighted by atomic mass is 10.0. The zero-order chi connectivity index (χ0) is 14.8. The third kappa shape index (κ3) is 2.56. The smallest absolute Gasteiger partial charge is 0.355 e. The molecular weight excluding hydrogens is 266 g/mol. The lowest BCUT2D eigenvalue weighted by Crippen LogP contribution is -2.05. The first-order valence-electron chi connectivity index (χ1n) is 6.54. The first-order valence-corrected chi connectivity index (χ1v) is 6.54. The maximum absolute atomic E-state index is 11.4. The van der Waals surface area contributed by atoms with Crippen molar-refractivity contribution in [1.82, 2.24) is 4.98 Å². The Morgan fingerprint density at radius 3 is 2.48 bits per heavy atom. The van der Waals surface area contributed by atoms with Gasteiger partial charge in [-0.15, -0.1) is 0 Å². The molecular formula is C17H13NO3. The van der Waals surface area contributed by atoms with E-state index in [0.29, 0.717) is 22.9 Å². The van der Waals surface area contributed by atoms with E-state index in [-0.39, 0.29) is 11.4 Å². The van der Waals surface area contributed by atoms with E-state index in [1.807, 2.05) is 30.3 Å². The predicted molar refractivity (Wildman–Crippen MR) is 79.6 cm³/mol. The number of hydrogen-bond donors (Lipinski definition) is 2. The normalized spacial score (nSPS) is 10.7. The Morgan fingerprint density at radius 2 is 1.76 bits per heavy atom. The average Bonchev–Trinajstić information content (AvgIpc) is 2.48. The summed E-state index contributed by atoms with van der Waals surface area (Å²) in [6.45, 7) is 0. The monoisotopic (exact) mass is 279 g/mol. The van der Waals surface area contributed by atoms with Crippen molar-refractivity contribution in [2.75, 3.05) is 0 Å². The van der Waals surface area contributed by atoms with Crippen molar-refractivity contribution in [2.24, 2.45) is 0 Å². The number of carboxylic acid groups (broad SMARTS) is 1. The maximum Gasteiger partial charge on any atom is 0.355 e. The average molecular weight is 279 g/mol. The van der Waals surface area contributed by atoms with E-state index in [4.69, 9.17) is 0 Å². The minimum absolute atomic E-state index is 0.0330. The molecule has 3 rings (SSSR count). The highest BCUT2D eigenvalue weighted by Crippen LogP contribution is 2.27. The SMILES string of the molecule is O=C(O)c1nc(Cc2ccccc2)cc2c(O)cccc12. The Kier molecular flexibility index (Phi) is 3.28. The summed E-state index contributed by atoms with van der Waals surface area (Å²) >= 11 is 0. The molecule has 0 aliphatic rings. The van der Waals surface area contributed by atoms with Crippen LogP contribution in [-0.2, 0) is 6.42 Å². The van der Waals surface area contributed by atoms with Crippen molar-refractivity contribution in [2.45, 2.75) is 6.42 Å². The number of nitrogens with zero attached hydrogens (tertiary/aromatic N) is 1. The Balaban J connectivity index is 2.16. The highest BCUT2D eigenvalue weighted by atomic mass is 16.4. The van der Waals surface area contributed by atoms with Crippen molar-refractivity contribution >= 4 is 16.7 Å². The minimum atomic E-state index is -1.10. The quantitative estimate of drug-likeness (QED) is 0.772. The van der Waals surface area contributed by atoms with Crippen molar-refractivity contribution in [3.05, 3.63) is 71.5 Å². The second kappa shape index (κ2) is 5.25. The minimum Gasteiger partial charge on any atom is -0.507 e. The standard InChI is InChI=1S/C17H13NO3/c19-15-8-4-7-13-14(15)10-12(18-16(13)17(20)21)9-11-5-2-1-3-6-11/h1-8,10,19H,9H2,(H,20,21). The van der Waals surface area contributed by atoms with Gasteiger partial charge >= 0.3 is 5.97 Å². The zero-order valence-electron chi connectivity index (χ0n) is 11.2. The Hall–Kier alpha value is -2.88. The summed E-state index contributed by atoms with van der Waals surface area (Å²) in [5.41, 5.74) is 1.62. The lowest BCUT2D eigenvalue weighted by Gasteiger charge is -2.08. The van der Waals surface area contributed by atoms with E-state index in [9.17, 15) is 15.0 Å². The van der Waals surface area contributed by atoms with Crippen LogP contribution in [0.5, 0.6) is 5.75 Å². The first kappa shape index (κ1) is 13.1. The fraction of sp³-hybridized carbons (Fsp3) is 0.0588. The molecule has 0 saturated heterocycles. The van der Waals surface area contributed by atoms with Crippen LogP contribution in [0.3, 0.4) is 0 Å². The zero-order valence-corrected chi connectivity index (χ0v) is 11.2. The van der Waals surface area contributed by atoms with Crippen LogP contribution in [0.4, 0.5) is 0 Å². The van der Waals surface area contributed by atoms with Gasteiger partial charge in [-0.05, 0) is 17.7 Å². The number of hydrogen-bond acceptors (Lipinski definition) is 3. The molecule has 1 aromatic heterocycles. The number of phenols is 1. The van der Waals surface area contributed by atoms with Crippen molar-refractivity contribution in [3.8, 4) is 5.75 Å². The van der Waals surface area contributed by atoms with E-state index in [2.05, 4.69) is 4.98 Å². The summed E-state index contributed by atoms with van der Waals surface area (Å²) in [5, 5.41) is 20.2. The summed E-state index contributed by atoms with van der Waals surface area (Å²) in [7, 11) is 0. The largest absolute Gasteiger partial charge is 0.507 e. The number of carboxylic acids is 1. The molecule has 0 atom stereocenters. The van der Waals surface area contributed by atoms with Gasteiger partial charge in [-0.3, -0.25) is 0 Å². The van der Waals surface area contributed by atoms with Gasteiger partial charge in [-0.1, -0.05) is 42.5 Å². The maximum atomic E-state index is 11.4. The van der Waals surface area contributed by atoms with Crippen LogP contribution in [0.25, 0.3) is 10.8 Å². The van der Waals surface area contributed by atoms with Gasteiger partial charge in [0.05, 0.1) is 0 Å². The van der Waals surface area contributed by atoms with Crippen molar-refractivity contribution < 1.29 is 15.0 Å². The van der Waals surface area contributed by atoms with Gasteiger partial charge in [-0.25, -0.2) is 9.78 Å². The molecule has 0 spiro atoms. The number of aromatic carboxylic acids is 1. The molecule has 104 valence electrons. The third-order valence-electron chi connectivity index (χ3n) is 3.34. The van der Waals surface area contributed by atoms with Crippen LogP contribution in [0.1, 0.15) is 21.7 Å². The molecule has 0 radical (unpaired) electrons. The number of aromatic hydroxyl groups is 1. The van der Waals surface area contributed by atoms with E-state index in [1.54, 1.807) is 24.3 Å². The number of carbonyl (C=O) groups is 1. The topological polar surface area (TPSA) is 70.4 Å². The molecule has 0 bridgehead atoms. The molecule has 4 heteroatoms. The van der Waals surface area contributed by atoms with Crippen LogP contribution in [-0.4, -0.2) is 21.2 Å². The van der Waals surface area contributed by atoms with Crippen LogP contribution in [0.2, 0.25) is 0 Å². The highest BCUT2D eigenvalue weighted by Gasteiger charge is 2.14. The van der Waals surface area contributed by atoms with E-state index >= 15 is 0 Å². The molecule has 3 aromatic rings. The summed E-state index contributed by atoms with van der Waals surface area (Å²) < 4.78 is 0. The van der Waals surface area contributed by atoms with E-state index < -0.39 is 5.97 Å². The number of aromatic nitrogens is 1. The molecule has 0 aliphatic heterocycles. The molecule has 0 amide bonds. The van der Waals surface area contributed by atoms with Gasteiger partial charge < -0.3 is 10.2 Å². The summed E-state index contributed by atoms with van der Waals surface area (Å²) in [4.78, 5) is 15.6. The number of fused-ring (bicyclic) bond motifs is 1. The second-order valence-corrected chi connectivity index (χ2v) is 4.80. The van der Waals surface area contributed by atoms with Crippen molar-refractivity contribution in [3.63, 3.8) is 0 Å². The Labute approximate surface area is 121 Å². The van der Waals surface area contributed by atoms with Crippen LogP contribution < -0.4 is 0 Å². The highest BCUT2D eigenvalue weighted by molar-refractivity contribution is 6.03.